The summed E-state index contributed by atoms with van der Waals surface area (Å²) in [7, 11) is 1.91. The largest absolute Gasteiger partial charge is 0.490 e. The molecule has 3 aliphatic rings. The number of piperazine rings is 1. The molecule has 2 aliphatic heterocycles. The first-order chi connectivity index (χ1) is 18.9. The van der Waals surface area contributed by atoms with Gasteiger partial charge in [0.15, 0.2) is 0 Å². The average Bonchev–Trinajstić information content (AvgIpc) is 3.33. The van der Waals surface area contributed by atoms with E-state index in [-0.39, 0.29) is 23.8 Å². The number of hydrogen-bond donors (Lipinski definition) is 1. The van der Waals surface area contributed by atoms with Gasteiger partial charge in [-0.15, -0.1) is 0 Å². The van der Waals surface area contributed by atoms with Gasteiger partial charge >= 0.3 is 0 Å². The van der Waals surface area contributed by atoms with Gasteiger partial charge in [0.2, 0.25) is 11.8 Å². The van der Waals surface area contributed by atoms with Gasteiger partial charge < -0.3 is 19.9 Å². The Labute approximate surface area is 233 Å². The Kier molecular flexibility index (Phi) is 8.88. The topological polar surface area (TPSA) is 65.1 Å². The minimum atomic E-state index is 0.0321. The van der Waals surface area contributed by atoms with Crippen molar-refractivity contribution in [2.45, 2.75) is 77.6 Å². The zero-order chi connectivity index (χ0) is 27.4. The predicted molar refractivity (Wildman–Crippen MR) is 155 cm³/mol. The number of benzene rings is 2. The zero-order valence-corrected chi connectivity index (χ0v) is 23.8. The van der Waals surface area contributed by atoms with Crippen LogP contribution in [0.2, 0.25) is 0 Å². The standard InChI is InChI=1S/C32H44N4O3/c1-23-18-28(12-9-27(23)22-35-17-15-33-24(2)20-35)34(3)32(38)26-10-13-29(14-11-26)39-30-7-4-6-25(19-30)21-36-16-5-8-31(36)37/h4,6-7,9,12,18-19,24,26,29,33H,5,8,10-11,13-17,20-22H2,1-3H3/t24-,26?,29?/m0/s1. The summed E-state index contributed by atoms with van der Waals surface area (Å²) in [5, 5.41) is 3.50. The molecule has 1 saturated carbocycles. The summed E-state index contributed by atoms with van der Waals surface area (Å²) < 4.78 is 6.32. The van der Waals surface area contributed by atoms with Gasteiger partial charge in [-0.3, -0.25) is 14.5 Å². The maximum absolute atomic E-state index is 13.4. The third-order valence-electron chi connectivity index (χ3n) is 8.66. The summed E-state index contributed by atoms with van der Waals surface area (Å²) in [6.45, 7) is 10.0. The minimum absolute atomic E-state index is 0.0321. The summed E-state index contributed by atoms with van der Waals surface area (Å²) in [6, 6.07) is 15.1. The van der Waals surface area contributed by atoms with Gasteiger partial charge in [0.25, 0.3) is 0 Å². The van der Waals surface area contributed by atoms with Gasteiger partial charge in [-0.1, -0.05) is 18.2 Å². The van der Waals surface area contributed by atoms with Crippen LogP contribution in [0.25, 0.3) is 0 Å². The van der Waals surface area contributed by atoms with Crippen LogP contribution < -0.4 is 15.0 Å². The van der Waals surface area contributed by atoms with Crippen molar-refractivity contribution in [3.63, 3.8) is 0 Å². The summed E-state index contributed by atoms with van der Waals surface area (Å²) >= 11 is 0. The molecule has 2 aromatic rings. The molecule has 1 atom stereocenters. The number of likely N-dealkylation sites (tertiary alicyclic amines) is 1. The molecule has 1 aliphatic carbocycles. The number of aryl methyl sites for hydroxylation is 1. The second-order valence-corrected chi connectivity index (χ2v) is 11.8. The smallest absolute Gasteiger partial charge is 0.229 e. The Morgan fingerprint density at radius 3 is 2.62 bits per heavy atom. The Morgan fingerprint density at radius 2 is 1.90 bits per heavy atom. The molecule has 0 radical (unpaired) electrons. The first kappa shape index (κ1) is 27.7. The van der Waals surface area contributed by atoms with E-state index in [9.17, 15) is 9.59 Å². The highest BCUT2D eigenvalue weighted by molar-refractivity contribution is 5.94. The highest BCUT2D eigenvalue weighted by Crippen LogP contribution is 2.31. The van der Waals surface area contributed by atoms with Crippen molar-refractivity contribution in [2.75, 3.05) is 38.1 Å². The number of nitrogens with zero attached hydrogens (tertiary/aromatic N) is 3. The van der Waals surface area contributed by atoms with Crippen molar-refractivity contribution in [3.05, 3.63) is 59.2 Å². The van der Waals surface area contributed by atoms with Crippen molar-refractivity contribution in [1.29, 1.82) is 0 Å². The second kappa shape index (κ2) is 12.5. The number of amides is 2. The van der Waals surface area contributed by atoms with Crippen LogP contribution >= 0.6 is 0 Å². The van der Waals surface area contributed by atoms with Crippen molar-refractivity contribution in [1.82, 2.24) is 15.1 Å². The minimum Gasteiger partial charge on any atom is -0.490 e. The van der Waals surface area contributed by atoms with Crippen LogP contribution in [0.4, 0.5) is 5.69 Å². The van der Waals surface area contributed by atoms with E-state index in [1.54, 1.807) is 0 Å². The predicted octanol–water partition coefficient (Wildman–Crippen LogP) is 4.51. The fourth-order valence-electron chi connectivity index (χ4n) is 6.29. The first-order valence-electron chi connectivity index (χ1n) is 14.7. The van der Waals surface area contributed by atoms with E-state index < -0.39 is 0 Å². The lowest BCUT2D eigenvalue weighted by Crippen LogP contribution is -2.48. The van der Waals surface area contributed by atoms with E-state index >= 15 is 0 Å². The summed E-state index contributed by atoms with van der Waals surface area (Å²) in [4.78, 5) is 31.6. The third kappa shape index (κ3) is 7.00. The Bertz CT molecular complexity index is 1160. The third-order valence-corrected chi connectivity index (χ3v) is 8.66. The molecule has 2 amide bonds. The molecular formula is C32H44N4O3. The van der Waals surface area contributed by atoms with Crippen LogP contribution in [0, 0.1) is 12.8 Å². The van der Waals surface area contributed by atoms with E-state index in [0.717, 1.165) is 81.8 Å². The van der Waals surface area contributed by atoms with E-state index in [2.05, 4.69) is 54.4 Å². The molecule has 0 bridgehead atoms. The molecule has 0 spiro atoms. The van der Waals surface area contributed by atoms with Crippen molar-refractivity contribution in [3.8, 4) is 5.75 Å². The molecule has 0 unspecified atom stereocenters. The molecule has 1 N–H and O–H groups in total. The highest BCUT2D eigenvalue weighted by Gasteiger charge is 2.30. The molecule has 7 heteroatoms. The van der Waals surface area contributed by atoms with E-state index in [0.29, 0.717) is 19.0 Å². The first-order valence-corrected chi connectivity index (χ1v) is 14.7. The van der Waals surface area contributed by atoms with E-state index in [4.69, 9.17) is 4.74 Å². The molecule has 2 heterocycles. The maximum Gasteiger partial charge on any atom is 0.229 e. The maximum atomic E-state index is 13.4. The zero-order valence-electron chi connectivity index (χ0n) is 23.8. The number of rotatable bonds is 8. The number of carbonyl (C=O) groups is 2. The average molecular weight is 533 g/mol. The van der Waals surface area contributed by atoms with Gasteiger partial charge in [-0.25, -0.2) is 0 Å². The summed E-state index contributed by atoms with van der Waals surface area (Å²) in [6.07, 6.45) is 5.17. The molecule has 5 rings (SSSR count). The molecule has 2 saturated heterocycles. The van der Waals surface area contributed by atoms with Crippen LogP contribution in [0.15, 0.2) is 42.5 Å². The number of carbonyl (C=O) groups excluding carboxylic acids is 2. The molecule has 0 aromatic heterocycles. The van der Waals surface area contributed by atoms with Gasteiger partial charge in [0.1, 0.15) is 5.75 Å². The van der Waals surface area contributed by atoms with Crippen molar-refractivity contribution in [2.24, 2.45) is 5.92 Å². The van der Waals surface area contributed by atoms with E-state index in [1.807, 2.05) is 29.0 Å². The number of ether oxygens (including phenoxy) is 1. The van der Waals surface area contributed by atoms with Crippen LogP contribution in [0.3, 0.4) is 0 Å². The second-order valence-electron chi connectivity index (χ2n) is 11.8. The molecule has 7 nitrogen and oxygen atoms in total. The lowest BCUT2D eigenvalue weighted by molar-refractivity contribution is -0.128. The fraction of sp³-hybridized carbons (Fsp3) is 0.562. The number of nitrogens with one attached hydrogen (secondary N) is 1. The number of anilines is 1. The lowest BCUT2D eigenvalue weighted by Gasteiger charge is -2.32. The SMILES string of the molecule is Cc1cc(N(C)C(=O)C2CCC(Oc3cccc(CN4CCCC4=O)c3)CC2)ccc1CN1CCN[C@@H](C)C1. The molecular weight excluding hydrogens is 488 g/mol. The van der Waals surface area contributed by atoms with Gasteiger partial charge in [-0.05, 0) is 86.9 Å². The van der Waals surface area contributed by atoms with Crippen LogP contribution in [0.5, 0.6) is 5.75 Å². The lowest BCUT2D eigenvalue weighted by atomic mass is 9.86. The van der Waals surface area contributed by atoms with Crippen LogP contribution in [-0.2, 0) is 22.7 Å². The van der Waals surface area contributed by atoms with Crippen molar-refractivity contribution >= 4 is 17.5 Å². The normalized spacial score (nSPS) is 24.1. The van der Waals surface area contributed by atoms with Crippen LogP contribution in [0.1, 0.15) is 62.1 Å². The Hall–Kier alpha value is -2.90. The van der Waals surface area contributed by atoms with E-state index in [1.165, 1.54) is 11.1 Å². The van der Waals surface area contributed by atoms with Gasteiger partial charge in [-0.2, -0.15) is 0 Å². The number of hydrogen-bond acceptors (Lipinski definition) is 5. The Morgan fingerprint density at radius 1 is 1.08 bits per heavy atom. The molecule has 2 aromatic carbocycles. The fourth-order valence-corrected chi connectivity index (χ4v) is 6.29. The van der Waals surface area contributed by atoms with Gasteiger partial charge in [0.05, 0.1) is 6.10 Å². The van der Waals surface area contributed by atoms with Crippen LogP contribution in [-0.4, -0.2) is 67.0 Å². The quantitative estimate of drug-likeness (QED) is 0.542. The van der Waals surface area contributed by atoms with Crippen molar-refractivity contribution < 1.29 is 14.3 Å². The molecule has 39 heavy (non-hydrogen) atoms. The molecule has 3 fully saturated rings. The summed E-state index contributed by atoms with van der Waals surface area (Å²) in [5.41, 5.74) is 4.66. The summed E-state index contributed by atoms with van der Waals surface area (Å²) in [5.74, 6) is 1.33. The van der Waals surface area contributed by atoms with Gasteiger partial charge in [0, 0.05) is 70.4 Å². The Balaban J connectivity index is 1.11. The highest BCUT2D eigenvalue weighted by atomic mass is 16.5. The molecule has 210 valence electrons. The monoisotopic (exact) mass is 532 g/mol.